The first kappa shape index (κ1) is 19.5. The van der Waals surface area contributed by atoms with E-state index in [1.54, 1.807) is 18.2 Å². The first-order valence-corrected chi connectivity index (χ1v) is 10.8. The van der Waals surface area contributed by atoms with E-state index < -0.39 is 0 Å². The van der Waals surface area contributed by atoms with E-state index in [-0.39, 0.29) is 11.9 Å². The molecule has 2 heterocycles. The fourth-order valence-corrected chi connectivity index (χ4v) is 4.95. The van der Waals surface area contributed by atoms with Crippen molar-refractivity contribution in [2.24, 2.45) is 0 Å². The second-order valence-electron chi connectivity index (χ2n) is 7.42. The SMILES string of the molecule is O=C(c1cc(Cl)cc(Cl)c1)N1CCc2c([nH]c3ccccc23)C1c1ccc(Cl)cc1. The van der Waals surface area contributed by atoms with Crippen molar-refractivity contribution in [2.75, 3.05) is 6.54 Å². The largest absolute Gasteiger partial charge is 0.356 e. The fraction of sp³-hybridized carbons (Fsp3) is 0.125. The van der Waals surface area contributed by atoms with Crippen molar-refractivity contribution in [3.63, 3.8) is 0 Å². The second kappa shape index (κ2) is 7.66. The van der Waals surface area contributed by atoms with E-state index in [0.29, 0.717) is 27.2 Å². The second-order valence-corrected chi connectivity index (χ2v) is 8.73. The summed E-state index contributed by atoms with van der Waals surface area (Å²) in [5.41, 5.74) is 4.82. The summed E-state index contributed by atoms with van der Waals surface area (Å²) in [6.07, 6.45) is 0.767. The van der Waals surface area contributed by atoms with E-state index in [0.717, 1.165) is 23.2 Å². The number of aromatic amines is 1. The lowest BCUT2D eigenvalue weighted by molar-refractivity contribution is 0.0692. The molecule has 0 bridgehead atoms. The molecule has 3 nitrogen and oxygen atoms in total. The van der Waals surface area contributed by atoms with E-state index >= 15 is 0 Å². The number of benzene rings is 3. The predicted octanol–water partition coefficient (Wildman–Crippen LogP) is 6.92. The zero-order chi connectivity index (χ0) is 20.8. The fourth-order valence-electron chi connectivity index (χ4n) is 4.29. The summed E-state index contributed by atoms with van der Waals surface area (Å²) in [4.78, 5) is 19.0. The number of hydrogen-bond acceptors (Lipinski definition) is 1. The van der Waals surface area contributed by atoms with Gasteiger partial charge in [-0.3, -0.25) is 4.79 Å². The maximum atomic E-state index is 13.5. The number of hydrogen-bond donors (Lipinski definition) is 1. The van der Waals surface area contributed by atoms with Crippen LogP contribution in [-0.2, 0) is 6.42 Å². The number of H-pyrrole nitrogens is 1. The molecule has 0 aliphatic carbocycles. The van der Waals surface area contributed by atoms with Gasteiger partial charge in [-0.2, -0.15) is 0 Å². The smallest absolute Gasteiger partial charge is 0.254 e. The number of carbonyl (C=O) groups is 1. The van der Waals surface area contributed by atoms with Crippen LogP contribution in [0.1, 0.15) is 33.2 Å². The first-order chi connectivity index (χ1) is 14.5. The summed E-state index contributed by atoms with van der Waals surface area (Å²) in [6.45, 7) is 0.588. The van der Waals surface area contributed by atoms with Gasteiger partial charge in [-0.05, 0) is 53.9 Å². The van der Waals surface area contributed by atoms with Gasteiger partial charge < -0.3 is 9.88 Å². The van der Waals surface area contributed by atoms with Crippen LogP contribution in [0.15, 0.2) is 66.7 Å². The Balaban J connectivity index is 1.66. The molecule has 30 heavy (non-hydrogen) atoms. The molecule has 0 radical (unpaired) electrons. The van der Waals surface area contributed by atoms with Crippen molar-refractivity contribution in [1.82, 2.24) is 9.88 Å². The zero-order valence-electron chi connectivity index (χ0n) is 15.8. The molecule has 1 aliphatic heterocycles. The molecule has 150 valence electrons. The Hall–Kier alpha value is -2.46. The summed E-state index contributed by atoms with van der Waals surface area (Å²) < 4.78 is 0. The van der Waals surface area contributed by atoms with Crippen LogP contribution in [0.5, 0.6) is 0 Å². The third-order valence-electron chi connectivity index (χ3n) is 5.59. The van der Waals surface area contributed by atoms with Crippen LogP contribution in [0.4, 0.5) is 0 Å². The molecule has 0 saturated heterocycles. The molecule has 0 saturated carbocycles. The van der Waals surface area contributed by atoms with Gasteiger partial charge in [-0.25, -0.2) is 0 Å². The number of rotatable bonds is 2. The normalized spacial score (nSPS) is 16.0. The van der Waals surface area contributed by atoms with E-state index in [1.807, 2.05) is 41.3 Å². The van der Waals surface area contributed by atoms with Crippen LogP contribution in [0.2, 0.25) is 15.1 Å². The van der Waals surface area contributed by atoms with Gasteiger partial charge in [-0.15, -0.1) is 0 Å². The Kier molecular flexibility index (Phi) is 4.98. The molecule has 1 amide bonds. The predicted molar refractivity (Wildman–Crippen MR) is 123 cm³/mol. The van der Waals surface area contributed by atoms with Crippen molar-refractivity contribution in [1.29, 1.82) is 0 Å². The van der Waals surface area contributed by atoms with Crippen LogP contribution in [0.3, 0.4) is 0 Å². The lowest BCUT2D eigenvalue weighted by Gasteiger charge is -2.36. The highest BCUT2D eigenvalue weighted by atomic mass is 35.5. The van der Waals surface area contributed by atoms with E-state index in [2.05, 4.69) is 17.1 Å². The van der Waals surface area contributed by atoms with Crippen molar-refractivity contribution in [3.8, 4) is 0 Å². The monoisotopic (exact) mass is 454 g/mol. The Labute approximate surface area is 189 Å². The number of amides is 1. The number of fused-ring (bicyclic) bond motifs is 3. The third kappa shape index (κ3) is 3.37. The van der Waals surface area contributed by atoms with E-state index in [1.165, 1.54) is 10.9 Å². The molecular formula is C24H17Cl3N2O. The summed E-state index contributed by atoms with van der Waals surface area (Å²) in [7, 11) is 0. The molecule has 3 aromatic carbocycles. The standard InChI is InChI=1S/C24H17Cl3N2O/c25-16-7-5-14(6-8-16)23-22-20(19-3-1-2-4-21(19)28-22)9-10-29(23)24(30)15-11-17(26)13-18(27)12-15/h1-8,11-13,23,28H,9-10H2. The topological polar surface area (TPSA) is 36.1 Å². The lowest BCUT2D eigenvalue weighted by atomic mass is 9.91. The molecule has 1 atom stereocenters. The highest BCUT2D eigenvalue weighted by molar-refractivity contribution is 6.35. The number of nitrogens with one attached hydrogen (secondary N) is 1. The minimum absolute atomic E-state index is 0.108. The molecule has 5 rings (SSSR count). The molecular weight excluding hydrogens is 439 g/mol. The lowest BCUT2D eigenvalue weighted by Crippen LogP contribution is -2.40. The number of nitrogens with zero attached hydrogens (tertiary/aromatic N) is 1. The molecule has 6 heteroatoms. The van der Waals surface area contributed by atoms with Crippen molar-refractivity contribution in [2.45, 2.75) is 12.5 Å². The van der Waals surface area contributed by atoms with Gasteiger partial charge in [-0.1, -0.05) is 65.1 Å². The van der Waals surface area contributed by atoms with Gasteiger partial charge in [0.2, 0.25) is 0 Å². The summed E-state index contributed by atoms with van der Waals surface area (Å²) in [5.74, 6) is -0.108. The molecule has 1 aromatic heterocycles. The Morgan fingerprint density at radius 2 is 1.60 bits per heavy atom. The van der Waals surface area contributed by atoms with Crippen LogP contribution in [0.25, 0.3) is 10.9 Å². The third-order valence-corrected chi connectivity index (χ3v) is 6.28. The van der Waals surface area contributed by atoms with Crippen LogP contribution < -0.4 is 0 Å². The number of aromatic nitrogens is 1. The molecule has 0 fully saturated rings. The van der Waals surface area contributed by atoms with Crippen molar-refractivity contribution in [3.05, 3.63) is 104 Å². The Morgan fingerprint density at radius 1 is 0.900 bits per heavy atom. The highest BCUT2D eigenvalue weighted by Gasteiger charge is 2.35. The summed E-state index contributed by atoms with van der Waals surface area (Å²) in [5, 5.41) is 2.74. The number of carbonyl (C=O) groups excluding carboxylic acids is 1. The maximum absolute atomic E-state index is 13.5. The van der Waals surface area contributed by atoms with Crippen molar-refractivity contribution >= 4 is 51.6 Å². The average Bonchev–Trinajstić information content (AvgIpc) is 3.11. The van der Waals surface area contributed by atoms with Gasteiger partial charge in [0.15, 0.2) is 0 Å². The minimum atomic E-state index is -0.260. The highest BCUT2D eigenvalue weighted by Crippen LogP contribution is 2.39. The molecule has 1 unspecified atom stereocenters. The minimum Gasteiger partial charge on any atom is -0.356 e. The van der Waals surface area contributed by atoms with Gasteiger partial charge >= 0.3 is 0 Å². The number of para-hydroxylation sites is 1. The van der Waals surface area contributed by atoms with Gasteiger partial charge in [0.05, 0.1) is 6.04 Å². The maximum Gasteiger partial charge on any atom is 0.254 e. The average molecular weight is 456 g/mol. The van der Waals surface area contributed by atoms with E-state index in [4.69, 9.17) is 34.8 Å². The molecule has 4 aromatic rings. The molecule has 1 aliphatic rings. The molecule has 0 spiro atoms. The summed E-state index contributed by atoms with van der Waals surface area (Å²) in [6, 6.07) is 20.6. The van der Waals surface area contributed by atoms with Crippen LogP contribution in [0, 0.1) is 0 Å². The van der Waals surface area contributed by atoms with Gasteiger partial charge in [0, 0.05) is 43.8 Å². The summed E-state index contributed by atoms with van der Waals surface area (Å²) >= 11 is 18.5. The Bertz CT molecular complexity index is 1240. The van der Waals surface area contributed by atoms with Gasteiger partial charge in [0.25, 0.3) is 5.91 Å². The molecule has 1 N–H and O–H groups in total. The number of halogens is 3. The quantitative estimate of drug-likeness (QED) is 0.350. The first-order valence-electron chi connectivity index (χ1n) is 9.63. The Morgan fingerprint density at radius 3 is 2.33 bits per heavy atom. The van der Waals surface area contributed by atoms with E-state index in [9.17, 15) is 4.79 Å². The van der Waals surface area contributed by atoms with Crippen LogP contribution in [-0.4, -0.2) is 22.3 Å². The zero-order valence-corrected chi connectivity index (χ0v) is 18.1. The van der Waals surface area contributed by atoms with Crippen LogP contribution >= 0.6 is 34.8 Å². The van der Waals surface area contributed by atoms with Gasteiger partial charge in [0.1, 0.15) is 0 Å². The van der Waals surface area contributed by atoms with Crippen molar-refractivity contribution < 1.29 is 4.79 Å².